The van der Waals surface area contributed by atoms with Gasteiger partial charge in [0.05, 0.1) is 10.6 Å². The molecule has 0 heterocycles. The third-order valence-electron chi connectivity index (χ3n) is 2.72. The van der Waals surface area contributed by atoms with Crippen molar-refractivity contribution in [1.29, 1.82) is 0 Å². The van der Waals surface area contributed by atoms with E-state index in [-0.39, 0.29) is 28.6 Å². The molecule has 0 atom stereocenters. The van der Waals surface area contributed by atoms with E-state index in [1.165, 1.54) is 12.1 Å². The second-order valence-corrected chi connectivity index (χ2v) is 4.60. The topological polar surface area (TPSA) is 35.2 Å². The quantitative estimate of drug-likeness (QED) is 0.829. The second kappa shape index (κ2) is 5.91. The summed E-state index contributed by atoms with van der Waals surface area (Å²) in [6.45, 7) is -0.288. The molecular weight excluding hydrogens is 310 g/mol. The zero-order valence-corrected chi connectivity index (χ0v) is 11.3. The first-order valence-electron chi connectivity index (χ1n) is 5.84. The van der Waals surface area contributed by atoms with Crippen LogP contribution in [0.2, 0.25) is 5.02 Å². The largest absolute Gasteiger partial charge is 0.456 e. The van der Waals surface area contributed by atoms with Gasteiger partial charge in [0.15, 0.2) is 0 Å². The first kappa shape index (κ1) is 15.6. The van der Waals surface area contributed by atoms with Crippen LogP contribution < -0.4 is 10.5 Å². The molecule has 0 aliphatic heterocycles. The van der Waals surface area contributed by atoms with E-state index in [1.807, 2.05) is 0 Å². The van der Waals surface area contributed by atoms with Crippen molar-refractivity contribution < 1.29 is 22.3 Å². The van der Waals surface area contributed by atoms with Gasteiger partial charge < -0.3 is 10.5 Å². The average molecular weight is 320 g/mol. The van der Waals surface area contributed by atoms with Gasteiger partial charge in [-0.1, -0.05) is 11.6 Å². The number of benzene rings is 2. The fourth-order valence-electron chi connectivity index (χ4n) is 1.76. The Hall–Kier alpha value is -1.79. The SMILES string of the molecule is NCc1cc(Oc2ccc(F)cc2Cl)ccc1C(F)(F)F. The first-order chi connectivity index (χ1) is 9.81. The molecule has 2 nitrogen and oxygen atoms in total. The molecule has 21 heavy (non-hydrogen) atoms. The lowest BCUT2D eigenvalue weighted by molar-refractivity contribution is -0.138. The Kier molecular flexibility index (Phi) is 4.39. The van der Waals surface area contributed by atoms with Gasteiger partial charge in [-0.2, -0.15) is 13.2 Å². The summed E-state index contributed by atoms with van der Waals surface area (Å²) in [6.07, 6.45) is -4.49. The first-order valence-corrected chi connectivity index (χ1v) is 6.22. The summed E-state index contributed by atoms with van der Waals surface area (Å²) in [7, 11) is 0. The Balaban J connectivity index is 2.33. The van der Waals surface area contributed by atoms with E-state index in [0.717, 1.165) is 24.3 Å². The van der Waals surface area contributed by atoms with Crippen LogP contribution in [0.25, 0.3) is 0 Å². The van der Waals surface area contributed by atoms with Gasteiger partial charge in [0.25, 0.3) is 0 Å². The average Bonchev–Trinajstić information content (AvgIpc) is 2.40. The van der Waals surface area contributed by atoms with Crippen LogP contribution in [0.3, 0.4) is 0 Å². The summed E-state index contributed by atoms with van der Waals surface area (Å²) in [6, 6.07) is 6.69. The number of nitrogens with two attached hydrogens (primary N) is 1. The van der Waals surface area contributed by atoms with Crippen LogP contribution in [0.15, 0.2) is 36.4 Å². The lowest BCUT2D eigenvalue weighted by Crippen LogP contribution is -2.11. The molecule has 0 spiro atoms. The van der Waals surface area contributed by atoms with Crippen LogP contribution in [0, 0.1) is 5.82 Å². The van der Waals surface area contributed by atoms with Crippen molar-refractivity contribution in [2.45, 2.75) is 12.7 Å². The van der Waals surface area contributed by atoms with Gasteiger partial charge in [-0.25, -0.2) is 4.39 Å². The number of rotatable bonds is 3. The minimum atomic E-state index is -4.49. The number of alkyl halides is 3. The summed E-state index contributed by atoms with van der Waals surface area (Å²) in [5, 5.41) is 0.0178. The van der Waals surface area contributed by atoms with Gasteiger partial charge in [0.2, 0.25) is 0 Å². The Morgan fingerprint density at radius 1 is 1.10 bits per heavy atom. The number of halogens is 5. The molecule has 0 saturated heterocycles. The van der Waals surface area contributed by atoms with Crippen LogP contribution in [0.5, 0.6) is 11.5 Å². The van der Waals surface area contributed by atoms with Gasteiger partial charge in [-0.05, 0) is 42.0 Å². The molecule has 0 bridgehead atoms. The van der Waals surface area contributed by atoms with E-state index >= 15 is 0 Å². The third kappa shape index (κ3) is 3.65. The fourth-order valence-corrected chi connectivity index (χ4v) is 1.97. The van der Waals surface area contributed by atoms with Crippen molar-refractivity contribution in [1.82, 2.24) is 0 Å². The summed E-state index contributed by atoms with van der Waals surface area (Å²) in [5.41, 5.74) is 4.41. The maximum atomic E-state index is 12.9. The third-order valence-corrected chi connectivity index (χ3v) is 3.02. The molecule has 2 rings (SSSR count). The van der Waals surface area contributed by atoms with E-state index in [4.69, 9.17) is 22.1 Å². The van der Waals surface area contributed by atoms with Crippen LogP contribution in [0.1, 0.15) is 11.1 Å². The molecule has 0 radical (unpaired) electrons. The van der Waals surface area contributed by atoms with Gasteiger partial charge in [-0.15, -0.1) is 0 Å². The summed E-state index contributed by atoms with van der Waals surface area (Å²) >= 11 is 5.79. The highest BCUT2D eigenvalue weighted by Gasteiger charge is 2.33. The fraction of sp³-hybridized carbons (Fsp3) is 0.143. The predicted molar refractivity (Wildman–Crippen MR) is 70.8 cm³/mol. The monoisotopic (exact) mass is 319 g/mol. The minimum absolute atomic E-state index is 0.0178. The highest BCUT2D eigenvalue weighted by molar-refractivity contribution is 6.32. The Labute approximate surface area is 123 Å². The summed E-state index contributed by atoms with van der Waals surface area (Å²) in [5.74, 6) is -0.264. The van der Waals surface area contributed by atoms with E-state index in [1.54, 1.807) is 0 Å². The molecular formula is C14H10ClF4NO. The Bertz CT molecular complexity index is 658. The molecule has 0 aromatic heterocycles. The lowest BCUT2D eigenvalue weighted by Gasteiger charge is -2.14. The van der Waals surface area contributed by atoms with Crippen molar-refractivity contribution in [2.24, 2.45) is 5.73 Å². The van der Waals surface area contributed by atoms with Crippen LogP contribution >= 0.6 is 11.6 Å². The predicted octanol–water partition coefficient (Wildman–Crippen LogP) is 4.75. The molecule has 112 valence electrons. The lowest BCUT2D eigenvalue weighted by atomic mass is 10.1. The van der Waals surface area contributed by atoms with Crippen molar-refractivity contribution in [3.8, 4) is 11.5 Å². The van der Waals surface area contributed by atoms with Crippen LogP contribution in [0.4, 0.5) is 17.6 Å². The van der Waals surface area contributed by atoms with Crippen molar-refractivity contribution >= 4 is 11.6 Å². The summed E-state index contributed by atoms with van der Waals surface area (Å²) in [4.78, 5) is 0. The smallest absolute Gasteiger partial charge is 0.416 e. The van der Waals surface area contributed by atoms with E-state index in [9.17, 15) is 17.6 Å². The number of hydrogen-bond acceptors (Lipinski definition) is 2. The molecule has 2 aromatic carbocycles. The van der Waals surface area contributed by atoms with Crippen LogP contribution in [-0.4, -0.2) is 0 Å². The molecule has 0 fully saturated rings. The van der Waals surface area contributed by atoms with Gasteiger partial charge in [0.1, 0.15) is 17.3 Å². The van der Waals surface area contributed by atoms with Gasteiger partial charge in [0, 0.05) is 6.54 Å². The zero-order chi connectivity index (χ0) is 15.6. The van der Waals surface area contributed by atoms with E-state index in [0.29, 0.717) is 0 Å². The molecule has 0 unspecified atom stereocenters. The van der Waals surface area contributed by atoms with Gasteiger partial charge in [-0.3, -0.25) is 0 Å². The normalized spacial score (nSPS) is 11.5. The minimum Gasteiger partial charge on any atom is -0.456 e. The molecule has 0 aliphatic carbocycles. The van der Waals surface area contributed by atoms with Gasteiger partial charge >= 0.3 is 6.18 Å². The zero-order valence-electron chi connectivity index (χ0n) is 10.5. The molecule has 2 aromatic rings. The molecule has 0 aliphatic rings. The maximum absolute atomic E-state index is 12.9. The van der Waals surface area contributed by atoms with Crippen molar-refractivity contribution in [2.75, 3.05) is 0 Å². The molecule has 0 amide bonds. The second-order valence-electron chi connectivity index (χ2n) is 4.20. The summed E-state index contributed by atoms with van der Waals surface area (Å²) < 4.78 is 56.5. The molecule has 2 N–H and O–H groups in total. The van der Waals surface area contributed by atoms with E-state index < -0.39 is 17.6 Å². The van der Waals surface area contributed by atoms with Crippen molar-refractivity contribution in [3.63, 3.8) is 0 Å². The van der Waals surface area contributed by atoms with Crippen molar-refractivity contribution in [3.05, 3.63) is 58.4 Å². The molecule has 0 saturated carbocycles. The molecule has 7 heteroatoms. The van der Waals surface area contributed by atoms with Crippen LogP contribution in [-0.2, 0) is 12.7 Å². The standard InChI is InChI=1S/C14H10ClF4NO/c15-12-6-9(16)1-4-13(12)21-10-2-3-11(14(17,18)19)8(5-10)7-20/h1-6H,7,20H2. The number of hydrogen-bond donors (Lipinski definition) is 1. The Morgan fingerprint density at radius 2 is 1.81 bits per heavy atom. The highest BCUT2D eigenvalue weighted by Crippen LogP contribution is 2.36. The van der Waals surface area contributed by atoms with E-state index in [2.05, 4.69) is 0 Å². The Morgan fingerprint density at radius 3 is 2.38 bits per heavy atom. The highest BCUT2D eigenvalue weighted by atomic mass is 35.5. The maximum Gasteiger partial charge on any atom is 0.416 e. The number of ether oxygens (including phenoxy) is 1.